The van der Waals surface area contributed by atoms with Crippen molar-refractivity contribution < 1.29 is 28.6 Å². The van der Waals surface area contributed by atoms with Gasteiger partial charge in [0.2, 0.25) is 17.8 Å². The third-order valence-electron chi connectivity index (χ3n) is 5.10. The van der Waals surface area contributed by atoms with Crippen molar-refractivity contribution in [2.45, 2.75) is 33.8 Å². The van der Waals surface area contributed by atoms with E-state index >= 15 is 0 Å². The Balaban J connectivity index is 3.32. The second kappa shape index (κ2) is 16.7. The zero-order valence-electron chi connectivity index (χ0n) is 22.2. The van der Waals surface area contributed by atoms with Gasteiger partial charge in [0.15, 0.2) is 0 Å². The number of carbonyl (C=O) groups is 3. The van der Waals surface area contributed by atoms with Gasteiger partial charge < -0.3 is 28.9 Å². The van der Waals surface area contributed by atoms with Gasteiger partial charge >= 0.3 is 17.9 Å². The Morgan fingerprint density at radius 3 is 1.46 bits per heavy atom. The van der Waals surface area contributed by atoms with Gasteiger partial charge in [0, 0.05) is 37.9 Å². The molecule has 1 aromatic rings. The molecule has 0 saturated carbocycles. The minimum absolute atomic E-state index is 0.121. The second-order valence-electron chi connectivity index (χ2n) is 7.63. The third-order valence-corrected chi connectivity index (χ3v) is 5.10. The number of ether oxygens (including phenoxy) is 3. The monoisotopic (exact) mass is 518 g/mol. The van der Waals surface area contributed by atoms with E-state index in [9.17, 15) is 14.4 Å². The first-order valence-electron chi connectivity index (χ1n) is 12.1. The van der Waals surface area contributed by atoms with E-state index in [4.69, 9.17) is 14.2 Å². The number of aromatic nitrogens is 3. The van der Waals surface area contributed by atoms with Gasteiger partial charge in [0.25, 0.3) is 0 Å². The average molecular weight is 519 g/mol. The van der Waals surface area contributed by atoms with Gasteiger partial charge in [0.1, 0.15) is 19.3 Å². The van der Waals surface area contributed by atoms with Crippen LogP contribution in [-0.4, -0.2) is 91.4 Å². The van der Waals surface area contributed by atoms with Crippen LogP contribution in [0.15, 0.2) is 38.0 Å². The lowest BCUT2D eigenvalue weighted by Crippen LogP contribution is -2.37. The molecule has 0 fully saturated rings. The number of carbonyl (C=O) groups excluding carboxylic acids is 3. The van der Waals surface area contributed by atoms with Gasteiger partial charge in [-0.25, -0.2) is 14.4 Å². The molecule has 0 radical (unpaired) electrons. The molecule has 0 spiro atoms. The molecule has 1 heterocycles. The number of anilines is 3. The SMILES string of the molecule is C=CC(=O)OCCN(CC)c1nc(N(CC)CCOC(=O)C=C)nc(N(CC)CC(C)OC(=O)C=C)n1. The molecule has 0 bridgehead atoms. The second-order valence-corrected chi connectivity index (χ2v) is 7.63. The fraction of sp³-hybridized carbons (Fsp3) is 0.520. The maximum Gasteiger partial charge on any atom is 0.330 e. The van der Waals surface area contributed by atoms with Crippen LogP contribution in [0.25, 0.3) is 0 Å². The number of hydrogen-bond donors (Lipinski definition) is 0. The first-order valence-corrected chi connectivity index (χ1v) is 12.1. The molecule has 1 atom stereocenters. The molecular formula is C25H38N6O6. The van der Waals surface area contributed by atoms with Crippen LogP contribution >= 0.6 is 0 Å². The number of esters is 3. The Morgan fingerprint density at radius 1 is 0.730 bits per heavy atom. The van der Waals surface area contributed by atoms with Crippen LogP contribution in [0.5, 0.6) is 0 Å². The molecule has 0 saturated heterocycles. The average Bonchev–Trinajstić information content (AvgIpc) is 2.91. The summed E-state index contributed by atoms with van der Waals surface area (Å²) >= 11 is 0. The number of nitrogens with zero attached hydrogens (tertiary/aromatic N) is 6. The van der Waals surface area contributed by atoms with Crippen molar-refractivity contribution in [3.05, 3.63) is 38.0 Å². The van der Waals surface area contributed by atoms with Crippen LogP contribution in [0, 0.1) is 0 Å². The van der Waals surface area contributed by atoms with E-state index in [1.54, 1.807) is 6.92 Å². The molecular weight excluding hydrogens is 480 g/mol. The summed E-state index contributed by atoms with van der Waals surface area (Å²) in [5, 5.41) is 0. The van der Waals surface area contributed by atoms with Crippen molar-refractivity contribution in [1.29, 1.82) is 0 Å². The lowest BCUT2D eigenvalue weighted by atomic mass is 10.3. The molecule has 0 amide bonds. The minimum Gasteiger partial charge on any atom is -0.461 e. The number of rotatable bonds is 18. The summed E-state index contributed by atoms with van der Waals surface area (Å²) in [6, 6.07) is 0. The van der Waals surface area contributed by atoms with Crippen molar-refractivity contribution in [2.24, 2.45) is 0 Å². The van der Waals surface area contributed by atoms with Crippen LogP contribution in [0.4, 0.5) is 17.8 Å². The lowest BCUT2D eigenvalue weighted by molar-refractivity contribution is -0.142. The molecule has 0 aliphatic rings. The molecule has 1 rings (SSSR count). The van der Waals surface area contributed by atoms with E-state index in [-0.39, 0.29) is 13.2 Å². The lowest BCUT2D eigenvalue weighted by Gasteiger charge is -2.28. The summed E-state index contributed by atoms with van der Waals surface area (Å²) in [6.45, 7) is 20.7. The summed E-state index contributed by atoms with van der Waals surface area (Å²) in [5.41, 5.74) is 0. The van der Waals surface area contributed by atoms with Gasteiger partial charge in [0.05, 0.1) is 19.6 Å². The Bertz CT molecular complexity index is 888. The van der Waals surface area contributed by atoms with Gasteiger partial charge in [-0.1, -0.05) is 19.7 Å². The number of hydrogen-bond acceptors (Lipinski definition) is 12. The van der Waals surface area contributed by atoms with Gasteiger partial charge in [-0.15, -0.1) is 0 Å². The Morgan fingerprint density at radius 2 is 1.11 bits per heavy atom. The summed E-state index contributed by atoms with van der Waals surface area (Å²) in [6.07, 6.45) is 2.87. The van der Waals surface area contributed by atoms with E-state index in [0.717, 1.165) is 18.2 Å². The van der Waals surface area contributed by atoms with E-state index in [0.29, 0.717) is 57.1 Å². The standard InChI is InChI=1S/C25H38N6O6/c1-8-20(32)35-16-14-29(11-4)23-26-24(30(12-5)15-17-36-21(33)9-2)28-25(27-23)31(13-6)18-19(7)37-22(34)10-3/h8-10,19H,1-3,11-18H2,4-7H3. The van der Waals surface area contributed by atoms with Gasteiger partial charge in [-0.3, -0.25) is 0 Å². The fourth-order valence-corrected chi connectivity index (χ4v) is 3.14. The highest BCUT2D eigenvalue weighted by atomic mass is 16.5. The van der Waals surface area contributed by atoms with E-state index in [1.165, 1.54) is 0 Å². The summed E-state index contributed by atoms with van der Waals surface area (Å²) in [4.78, 5) is 54.1. The molecule has 204 valence electrons. The van der Waals surface area contributed by atoms with Crippen LogP contribution in [-0.2, 0) is 28.6 Å². The fourth-order valence-electron chi connectivity index (χ4n) is 3.14. The normalized spacial score (nSPS) is 11.0. The molecule has 12 heteroatoms. The maximum atomic E-state index is 11.6. The van der Waals surface area contributed by atoms with Crippen molar-refractivity contribution >= 4 is 35.8 Å². The van der Waals surface area contributed by atoms with Crippen molar-refractivity contribution in [1.82, 2.24) is 15.0 Å². The molecule has 1 aromatic heterocycles. The highest BCUT2D eigenvalue weighted by Gasteiger charge is 2.21. The molecule has 12 nitrogen and oxygen atoms in total. The first kappa shape index (κ1) is 31.1. The molecule has 0 aliphatic carbocycles. The molecule has 0 aliphatic heterocycles. The van der Waals surface area contributed by atoms with Crippen LogP contribution < -0.4 is 14.7 Å². The van der Waals surface area contributed by atoms with E-state index in [1.807, 2.05) is 35.5 Å². The molecule has 37 heavy (non-hydrogen) atoms. The summed E-state index contributed by atoms with van der Waals surface area (Å²) in [5.74, 6) is -0.398. The number of likely N-dealkylation sites (N-methyl/N-ethyl adjacent to an activating group) is 3. The Kier molecular flexibility index (Phi) is 14.0. The minimum atomic E-state index is -0.516. The molecule has 0 aromatic carbocycles. The van der Waals surface area contributed by atoms with Gasteiger partial charge in [-0.2, -0.15) is 15.0 Å². The predicted octanol–water partition coefficient (Wildman–Crippen LogP) is 1.93. The molecule has 0 N–H and O–H groups in total. The highest BCUT2D eigenvalue weighted by Crippen LogP contribution is 2.20. The zero-order valence-corrected chi connectivity index (χ0v) is 22.2. The first-order chi connectivity index (χ1) is 17.7. The highest BCUT2D eigenvalue weighted by molar-refractivity contribution is 5.82. The topological polar surface area (TPSA) is 127 Å². The van der Waals surface area contributed by atoms with Crippen LogP contribution in [0.2, 0.25) is 0 Å². The molecule has 1 unspecified atom stereocenters. The van der Waals surface area contributed by atoms with Gasteiger partial charge in [-0.05, 0) is 27.7 Å². The quantitative estimate of drug-likeness (QED) is 0.160. The summed E-state index contributed by atoms with van der Waals surface area (Å²) < 4.78 is 15.6. The zero-order chi connectivity index (χ0) is 27.8. The van der Waals surface area contributed by atoms with Crippen LogP contribution in [0.3, 0.4) is 0 Å². The largest absolute Gasteiger partial charge is 0.461 e. The van der Waals surface area contributed by atoms with Crippen LogP contribution in [0.1, 0.15) is 27.7 Å². The van der Waals surface area contributed by atoms with E-state index in [2.05, 4.69) is 34.7 Å². The van der Waals surface area contributed by atoms with Crippen molar-refractivity contribution in [3.63, 3.8) is 0 Å². The Labute approximate surface area is 218 Å². The smallest absolute Gasteiger partial charge is 0.330 e. The van der Waals surface area contributed by atoms with Crippen molar-refractivity contribution in [2.75, 3.05) is 67.2 Å². The maximum absolute atomic E-state index is 11.6. The summed E-state index contributed by atoms with van der Waals surface area (Å²) in [7, 11) is 0. The Hall–Kier alpha value is -3.96. The van der Waals surface area contributed by atoms with Crippen molar-refractivity contribution in [3.8, 4) is 0 Å². The predicted molar refractivity (Wildman–Crippen MR) is 142 cm³/mol. The van der Waals surface area contributed by atoms with E-state index < -0.39 is 24.0 Å². The third kappa shape index (κ3) is 10.7.